The van der Waals surface area contributed by atoms with E-state index in [0.717, 1.165) is 11.8 Å². The monoisotopic (exact) mass is 287 g/mol. The molecule has 9 heteroatoms. The number of carbonyl (C=O) groups is 2. The van der Waals surface area contributed by atoms with Crippen molar-refractivity contribution < 1.29 is 14.7 Å². The highest BCUT2D eigenvalue weighted by atomic mass is 32.2. The predicted octanol–water partition coefficient (Wildman–Crippen LogP) is 0.183. The summed E-state index contributed by atoms with van der Waals surface area (Å²) in [7, 11) is 0. The summed E-state index contributed by atoms with van der Waals surface area (Å²) in [5, 5.41) is 22.6. The standard InChI is InChI=1S/C10H17N5O3S/c1-6(2)4-11-9(18)7(3)15-10(12-13-14-15)19-5-8(16)17/h6-7H,4-5H2,1-3H3,(H,11,18)(H,16,17). The lowest BCUT2D eigenvalue weighted by Crippen LogP contribution is -2.34. The van der Waals surface area contributed by atoms with Crippen LogP contribution in [0.4, 0.5) is 0 Å². The van der Waals surface area contributed by atoms with Crippen LogP contribution in [0.25, 0.3) is 0 Å². The Bertz CT molecular complexity index is 448. The SMILES string of the molecule is CC(C)CNC(=O)C(C)n1nnnc1SCC(=O)O. The summed E-state index contributed by atoms with van der Waals surface area (Å²) in [6, 6.07) is -0.579. The fourth-order valence-corrected chi connectivity index (χ4v) is 1.89. The first kappa shape index (κ1) is 15.4. The Morgan fingerprint density at radius 1 is 1.42 bits per heavy atom. The third kappa shape index (κ3) is 4.86. The van der Waals surface area contributed by atoms with Gasteiger partial charge in [-0.25, -0.2) is 4.68 Å². The molecule has 0 aliphatic heterocycles. The zero-order valence-corrected chi connectivity index (χ0v) is 11.8. The van der Waals surface area contributed by atoms with E-state index in [2.05, 4.69) is 20.8 Å². The maximum absolute atomic E-state index is 11.9. The summed E-state index contributed by atoms with van der Waals surface area (Å²) >= 11 is 0.979. The largest absolute Gasteiger partial charge is 0.481 e. The first-order valence-corrected chi connectivity index (χ1v) is 6.80. The highest BCUT2D eigenvalue weighted by Crippen LogP contribution is 2.17. The Labute approximate surface area is 114 Å². The molecule has 0 radical (unpaired) electrons. The molecule has 1 heterocycles. The molecule has 1 atom stereocenters. The molecule has 0 aliphatic rings. The Balaban J connectivity index is 2.65. The molecule has 1 aromatic heterocycles. The Morgan fingerprint density at radius 2 is 2.11 bits per heavy atom. The van der Waals surface area contributed by atoms with E-state index in [4.69, 9.17) is 5.11 Å². The normalized spacial score (nSPS) is 12.4. The van der Waals surface area contributed by atoms with Crippen molar-refractivity contribution in [2.45, 2.75) is 32.0 Å². The number of amides is 1. The average molecular weight is 287 g/mol. The number of thioether (sulfide) groups is 1. The molecule has 1 unspecified atom stereocenters. The molecule has 106 valence electrons. The summed E-state index contributed by atoms with van der Waals surface area (Å²) in [5.41, 5.74) is 0. The summed E-state index contributed by atoms with van der Waals surface area (Å²) in [5.74, 6) is -0.957. The first-order chi connectivity index (χ1) is 8.91. The van der Waals surface area contributed by atoms with Crippen molar-refractivity contribution in [2.75, 3.05) is 12.3 Å². The van der Waals surface area contributed by atoms with Crippen LogP contribution in [-0.4, -0.2) is 49.5 Å². The number of nitrogens with one attached hydrogen (secondary N) is 1. The topological polar surface area (TPSA) is 110 Å². The number of carbonyl (C=O) groups excluding carboxylic acids is 1. The van der Waals surface area contributed by atoms with Crippen molar-refractivity contribution in [3.63, 3.8) is 0 Å². The molecular formula is C10H17N5O3S. The van der Waals surface area contributed by atoms with Crippen LogP contribution in [0.15, 0.2) is 5.16 Å². The van der Waals surface area contributed by atoms with Gasteiger partial charge in [-0.3, -0.25) is 9.59 Å². The number of hydrogen-bond acceptors (Lipinski definition) is 6. The molecule has 2 N–H and O–H groups in total. The first-order valence-electron chi connectivity index (χ1n) is 5.82. The number of carboxylic acid groups (broad SMARTS) is 1. The molecule has 1 rings (SSSR count). The minimum atomic E-state index is -0.962. The van der Waals surface area contributed by atoms with Crippen LogP contribution in [0.2, 0.25) is 0 Å². The van der Waals surface area contributed by atoms with Gasteiger partial charge in [0.1, 0.15) is 6.04 Å². The van der Waals surface area contributed by atoms with Gasteiger partial charge in [0, 0.05) is 6.54 Å². The molecule has 8 nitrogen and oxygen atoms in total. The van der Waals surface area contributed by atoms with Crippen LogP contribution in [0, 0.1) is 5.92 Å². The molecule has 0 aliphatic carbocycles. The molecule has 0 spiro atoms. The summed E-state index contributed by atoms with van der Waals surface area (Å²) < 4.78 is 1.32. The van der Waals surface area contributed by atoms with Crippen LogP contribution < -0.4 is 5.32 Å². The number of hydrogen-bond donors (Lipinski definition) is 2. The van der Waals surface area contributed by atoms with E-state index < -0.39 is 12.0 Å². The molecule has 0 saturated carbocycles. The van der Waals surface area contributed by atoms with Gasteiger partial charge in [0.2, 0.25) is 11.1 Å². The summed E-state index contributed by atoms with van der Waals surface area (Å²) in [6.07, 6.45) is 0. The van der Waals surface area contributed by atoms with Gasteiger partial charge in [-0.15, -0.1) is 5.10 Å². The molecule has 19 heavy (non-hydrogen) atoms. The maximum Gasteiger partial charge on any atom is 0.313 e. The van der Waals surface area contributed by atoms with Gasteiger partial charge in [-0.2, -0.15) is 0 Å². The quantitative estimate of drug-likeness (QED) is 0.688. The molecular weight excluding hydrogens is 270 g/mol. The Hall–Kier alpha value is -1.64. The lowest BCUT2D eigenvalue weighted by atomic mass is 10.2. The lowest BCUT2D eigenvalue weighted by Gasteiger charge is -2.14. The maximum atomic E-state index is 11.9. The van der Waals surface area contributed by atoms with Crippen LogP contribution in [-0.2, 0) is 9.59 Å². The highest BCUT2D eigenvalue weighted by Gasteiger charge is 2.20. The van der Waals surface area contributed by atoms with Crippen LogP contribution in [0.5, 0.6) is 0 Å². The van der Waals surface area contributed by atoms with Crippen molar-refractivity contribution in [3.8, 4) is 0 Å². The summed E-state index contributed by atoms with van der Waals surface area (Å²) in [4.78, 5) is 22.4. The fourth-order valence-electron chi connectivity index (χ4n) is 1.21. The number of nitrogens with zero attached hydrogens (tertiary/aromatic N) is 4. The number of aromatic nitrogens is 4. The molecule has 0 aromatic carbocycles. The molecule has 1 amide bonds. The number of rotatable bonds is 7. The third-order valence-corrected chi connectivity index (χ3v) is 3.14. The predicted molar refractivity (Wildman–Crippen MR) is 68.7 cm³/mol. The van der Waals surface area contributed by atoms with Crippen molar-refractivity contribution in [1.82, 2.24) is 25.5 Å². The van der Waals surface area contributed by atoms with Crippen LogP contribution in [0.1, 0.15) is 26.8 Å². The molecule has 0 saturated heterocycles. The molecule has 1 aromatic rings. The second-order valence-electron chi connectivity index (χ2n) is 4.40. The van der Waals surface area contributed by atoms with Crippen molar-refractivity contribution in [1.29, 1.82) is 0 Å². The van der Waals surface area contributed by atoms with Gasteiger partial charge in [-0.1, -0.05) is 25.6 Å². The summed E-state index contributed by atoms with van der Waals surface area (Å²) in [6.45, 7) is 6.23. The Morgan fingerprint density at radius 3 is 2.68 bits per heavy atom. The van der Waals surface area contributed by atoms with E-state index in [9.17, 15) is 9.59 Å². The van der Waals surface area contributed by atoms with Gasteiger partial charge in [0.15, 0.2) is 0 Å². The van der Waals surface area contributed by atoms with E-state index in [1.807, 2.05) is 13.8 Å². The zero-order chi connectivity index (χ0) is 14.4. The van der Waals surface area contributed by atoms with E-state index in [0.29, 0.717) is 17.6 Å². The van der Waals surface area contributed by atoms with Gasteiger partial charge >= 0.3 is 5.97 Å². The minimum absolute atomic E-state index is 0.152. The average Bonchev–Trinajstić information content (AvgIpc) is 2.80. The molecule has 0 fully saturated rings. The number of carboxylic acids is 1. The second-order valence-corrected chi connectivity index (χ2v) is 5.35. The lowest BCUT2D eigenvalue weighted by molar-refractivity contribution is -0.133. The van der Waals surface area contributed by atoms with E-state index in [1.54, 1.807) is 6.92 Å². The third-order valence-electron chi connectivity index (χ3n) is 2.22. The minimum Gasteiger partial charge on any atom is -0.481 e. The number of aliphatic carboxylic acids is 1. The van der Waals surface area contributed by atoms with Crippen molar-refractivity contribution >= 4 is 23.6 Å². The van der Waals surface area contributed by atoms with Crippen molar-refractivity contribution in [3.05, 3.63) is 0 Å². The smallest absolute Gasteiger partial charge is 0.313 e. The number of tetrazole rings is 1. The van der Waals surface area contributed by atoms with Gasteiger partial charge < -0.3 is 10.4 Å². The van der Waals surface area contributed by atoms with Crippen LogP contribution >= 0.6 is 11.8 Å². The fraction of sp³-hybridized carbons (Fsp3) is 0.700. The van der Waals surface area contributed by atoms with E-state index in [1.165, 1.54) is 4.68 Å². The highest BCUT2D eigenvalue weighted by molar-refractivity contribution is 7.99. The van der Waals surface area contributed by atoms with E-state index in [-0.39, 0.29) is 11.7 Å². The van der Waals surface area contributed by atoms with Gasteiger partial charge in [-0.05, 0) is 23.3 Å². The second kappa shape index (κ2) is 7.07. The van der Waals surface area contributed by atoms with E-state index >= 15 is 0 Å². The van der Waals surface area contributed by atoms with Gasteiger partial charge in [0.05, 0.1) is 5.75 Å². The van der Waals surface area contributed by atoms with Crippen molar-refractivity contribution in [2.24, 2.45) is 5.92 Å². The van der Waals surface area contributed by atoms with Gasteiger partial charge in [0.25, 0.3) is 0 Å². The molecule has 0 bridgehead atoms. The Kier molecular flexibility index (Phi) is 5.74. The zero-order valence-electron chi connectivity index (χ0n) is 11.0. The van der Waals surface area contributed by atoms with Crippen LogP contribution in [0.3, 0.4) is 0 Å².